The van der Waals surface area contributed by atoms with Crippen molar-refractivity contribution in [1.29, 1.82) is 0 Å². The van der Waals surface area contributed by atoms with E-state index in [9.17, 15) is 4.79 Å². The maximum Gasteiger partial charge on any atom is 0.306 e. The fourth-order valence-corrected chi connectivity index (χ4v) is 1.64. The van der Waals surface area contributed by atoms with E-state index in [0.29, 0.717) is 13.0 Å². The molecule has 0 bridgehead atoms. The van der Waals surface area contributed by atoms with Gasteiger partial charge in [-0.3, -0.25) is 4.79 Å². The number of carbonyl (C=O) groups is 1. The molecule has 0 aromatic carbocycles. The number of hydrogen-bond donors (Lipinski definition) is 0. The number of rotatable bonds is 11. The lowest BCUT2D eigenvalue weighted by molar-refractivity contribution is -0.143. The van der Waals surface area contributed by atoms with E-state index in [2.05, 4.69) is 20.4 Å². The molecule has 0 atom stereocenters. The Balaban J connectivity index is 3.39. The molecular weight excluding hydrogens is 212 g/mol. The molecule has 2 nitrogen and oxygen atoms in total. The Morgan fingerprint density at radius 2 is 1.59 bits per heavy atom. The summed E-state index contributed by atoms with van der Waals surface area (Å²) in [4.78, 5) is 11.4. The minimum atomic E-state index is -0.0715. The third kappa shape index (κ3) is 11.5. The highest BCUT2D eigenvalue weighted by Crippen LogP contribution is 2.12. The van der Waals surface area contributed by atoms with Crippen molar-refractivity contribution in [3.05, 3.63) is 12.2 Å². The Morgan fingerprint density at radius 3 is 2.24 bits per heavy atom. The van der Waals surface area contributed by atoms with Crippen molar-refractivity contribution in [3.8, 4) is 0 Å². The summed E-state index contributed by atoms with van der Waals surface area (Å²) in [5, 5.41) is 0. The summed E-state index contributed by atoms with van der Waals surface area (Å²) >= 11 is 0. The molecule has 2 heteroatoms. The molecule has 0 aliphatic rings. The van der Waals surface area contributed by atoms with E-state index in [0.717, 1.165) is 32.1 Å². The van der Waals surface area contributed by atoms with Crippen LogP contribution >= 0.6 is 0 Å². The van der Waals surface area contributed by atoms with Gasteiger partial charge in [0.05, 0.1) is 6.61 Å². The molecule has 17 heavy (non-hydrogen) atoms. The van der Waals surface area contributed by atoms with E-state index in [1.807, 2.05) is 0 Å². The van der Waals surface area contributed by atoms with Gasteiger partial charge in [0.15, 0.2) is 0 Å². The Bertz CT molecular complexity index is 209. The van der Waals surface area contributed by atoms with E-state index >= 15 is 0 Å². The van der Waals surface area contributed by atoms with Crippen LogP contribution in [0.2, 0.25) is 0 Å². The number of unbranched alkanes of at least 4 members (excludes halogenated alkanes) is 4. The van der Waals surface area contributed by atoms with Gasteiger partial charge in [-0.2, -0.15) is 0 Å². The van der Waals surface area contributed by atoms with Crippen LogP contribution in [-0.4, -0.2) is 12.6 Å². The van der Waals surface area contributed by atoms with Gasteiger partial charge in [-0.1, -0.05) is 51.7 Å². The first-order valence-electron chi connectivity index (χ1n) is 7.03. The minimum Gasteiger partial charge on any atom is -0.466 e. The van der Waals surface area contributed by atoms with Crippen molar-refractivity contribution in [3.63, 3.8) is 0 Å². The van der Waals surface area contributed by atoms with Crippen molar-refractivity contribution < 1.29 is 9.53 Å². The van der Waals surface area contributed by atoms with Crippen LogP contribution in [0.4, 0.5) is 0 Å². The molecule has 100 valence electrons. The van der Waals surface area contributed by atoms with Gasteiger partial charge in [0.1, 0.15) is 0 Å². The molecule has 0 fully saturated rings. The molecular formula is C15H28O2. The SMILES string of the molecule is C=C(CCCCC)CCC(=O)OCCCCC. The van der Waals surface area contributed by atoms with E-state index in [1.165, 1.54) is 24.8 Å². The number of hydrogen-bond acceptors (Lipinski definition) is 2. The second kappa shape index (κ2) is 11.7. The Hall–Kier alpha value is -0.790. The standard InChI is InChI=1S/C15H28O2/c1-4-6-8-10-14(3)11-12-15(16)17-13-9-7-5-2/h3-13H2,1-2H3. The zero-order valence-corrected chi connectivity index (χ0v) is 11.6. The smallest absolute Gasteiger partial charge is 0.306 e. The van der Waals surface area contributed by atoms with Crippen LogP contribution in [0.3, 0.4) is 0 Å². The first-order valence-corrected chi connectivity index (χ1v) is 7.03. The van der Waals surface area contributed by atoms with Crippen LogP contribution in [0.1, 0.15) is 71.6 Å². The topological polar surface area (TPSA) is 26.3 Å². The number of carbonyl (C=O) groups excluding carboxylic acids is 1. The quantitative estimate of drug-likeness (QED) is 0.299. The summed E-state index contributed by atoms with van der Waals surface area (Å²) in [5.41, 5.74) is 1.18. The second-order valence-electron chi connectivity index (χ2n) is 4.63. The fourth-order valence-electron chi connectivity index (χ4n) is 1.64. The molecule has 0 rings (SSSR count). The van der Waals surface area contributed by atoms with E-state index in [-0.39, 0.29) is 5.97 Å². The van der Waals surface area contributed by atoms with Gasteiger partial charge in [0, 0.05) is 6.42 Å². The van der Waals surface area contributed by atoms with E-state index in [4.69, 9.17) is 4.74 Å². The number of esters is 1. The summed E-state index contributed by atoms with van der Waals surface area (Å²) in [6, 6.07) is 0. The molecule has 0 saturated heterocycles. The monoisotopic (exact) mass is 240 g/mol. The van der Waals surface area contributed by atoms with Crippen molar-refractivity contribution in [1.82, 2.24) is 0 Å². The van der Waals surface area contributed by atoms with E-state index in [1.54, 1.807) is 0 Å². The number of ether oxygens (including phenoxy) is 1. The van der Waals surface area contributed by atoms with Gasteiger partial charge < -0.3 is 4.74 Å². The van der Waals surface area contributed by atoms with Crippen molar-refractivity contribution in [2.24, 2.45) is 0 Å². The molecule has 0 spiro atoms. The summed E-state index contributed by atoms with van der Waals surface area (Å²) in [6.07, 6.45) is 9.29. The van der Waals surface area contributed by atoms with Crippen LogP contribution in [0.5, 0.6) is 0 Å². The predicted octanol–water partition coefficient (Wildman–Crippen LogP) is 4.64. The highest BCUT2D eigenvalue weighted by Gasteiger charge is 2.04. The van der Waals surface area contributed by atoms with Crippen LogP contribution < -0.4 is 0 Å². The molecule has 0 amide bonds. The molecule has 0 aliphatic carbocycles. The first-order chi connectivity index (χ1) is 8.20. The van der Waals surface area contributed by atoms with Crippen LogP contribution in [0.25, 0.3) is 0 Å². The molecule has 0 heterocycles. The molecule has 0 aromatic heterocycles. The van der Waals surface area contributed by atoms with Crippen LogP contribution in [-0.2, 0) is 9.53 Å². The van der Waals surface area contributed by atoms with Gasteiger partial charge in [-0.05, 0) is 25.7 Å². The predicted molar refractivity (Wildman–Crippen MR) is 73.0 cm³/mol. The Labute approximate surface area is 106 Å². The zero-order chi connectivity index (χ0) is 12.9. The largest absolute Gasteiger partial charge is 0.466 e. The summed E-state index contributed by atoms with van der Waals surface area (Å²) < 4.78 is 5.14. The van der Waals surface area contributed by atoms with Crippen molar-refractivity contribution >= 4 is 5.97 Å². The third-order valence-corrected chi connectivity index (χ3v) is 2.83. The normalized spacial score (nSPS) is 10.2. The molecule has 0 unspecified atom stereocenters. The summed E-state index contributed by atoms with van der Waals surface area (Å²) in [6.45, 7) is 8.91. The lowest BCUT2D eigenvalue weighted by Gasteiger charge is -2.06. The van der Waals surface area contributed by atoms with Crippen LogP contribution in [0.15, 0.2) is 12.2 Å². The Morgan fingerprint density at radius 1 is 0.941 bits per heavy atom. The van der Waals surface area contributed by atoms with Gasteiger partial charge >= 0.3 is 5.97 Å². The second-order valence-corrected chi connectivity index (χ2v) is 4.63. The highest BCUT2D eigenvalue weighted by molar-refractivity contribution is 5.69. The first kappa shape index (κ1) is 16.2. The summed E-state index contributed by atoms with van der Waals surface area (Å²) in [7, 11) is 0. The maximum absolute atomic E-state index is 11.4. The van der Waals surface area contributed by atoms with Crippen LogP contribution in [0, 0.1) is 0 Å². The fraction of sp³-hybridized carbons (Fsp3) is 0.800. The molecule has 0 aromatic rings. The van der Waals surface area contributed by atoms with Gasteiger partial charge in [0.2, 0.25) is 0 Å². The molecule has 0 N–H and O–H groups in total. The van der Waals surface area contributed by atoms with Gasteiger partial charge in [-0.15, -0.1) is 0 Å². The highest BCUT2D eigenvalue weighted by atomic mass is 16.5. The Kier molecular flexibility index (Phi) is 11.1. The average Bonchev–Trinajstić information content (AvgIpc) is 2.32. The molecule has 0 aliphatic heterocycles. The lowest BCUT2D eigenvalue weighted by Crippen LogP contribution is -2.06. The average molecular weight is 240 g/mol. The van der Waals surface area contributed by atoms with E-state index < -0.39 is 0 Å². The molecule has 0 radical (unpaired) electrons. The van der Waals surface area contributed by atoms with Crippen molar-refractivity contribution in [2.75, 3.05) is 6.61 Å². The number of allylic oxidation sites excluding steroid dienone is 1. The van der Waals surface area contributed by atoms with Gasteiger partial charge in [0.25, 0.3) is 0 Å². The lowest BCUT2D eigenvalue weighted by atomic mass is 10.0. The molecule has 0 saturated carbocycles. The maximum atomic E-state index is 11.4. The zero-order valence-electron chi connectivity index (χ0n) is 11.6. The third-order valence-electron chi connectivity index (χ3n) is 2.83. The van der Waals surface area contributed by atoms with Gasteiger partial charge in [-0.25, -0.2) is 0 Å². The minimum absolute atomic E-state index is 0.0715. The summed E-state index contributed by atoms with van der Waals surface area (Å²) in [5.74, 6) is -0.0715. The van der Waals surface area contributed by atoms with Crippen molar-refractivity contribution in [2.45, 2.75) is 71.6 Å².